The number of anilines is 3. The molecule has 7 nitrogen and oxygen atoms in total. The van der Waals surface area contributed by atoms with Gasteiger partial charge in [0.2, 0.25) is 5.95 Å². The highest BCUT2D eigenvalue weighted by Gasteiger charge is 2.41. The van der Waals surface area contributed by atoms with Crippen molar-refractivity contribution >= 4 is 40.0 Å². The van der Waals surface area contributed by atoms with E-state index >= 15 is 0 Å². The molecule has 140 valence electrons. The summed E-state index contributed by atoms with van der Waals surface area (Å²) in [5, 5.41) is 11.0. The van der Waals surface area contributed by atoms with Crippen LogP contribution in [0.15, 0.2) is 18.6 Å². The number of nitrogens with zero attached hydrogens (tertiary/aromatic N) is 5. The molecule has 2 atom stereocenters. The van der Waals surface area contributed by atoms with Crippen LogP contribution in [-0.2, 0) is 7.05 Å². The summed E-state index contributed by atoms with van der Waals surface area (Å²) in [6.07, 6.45) is 12.1. The molecule has 1 saturated heterocycles. The number of hydrogen-bond acceptors (Lipinski definition) is 6. The highest BCUT2D eigenvalue weighted by atomic mass is 127. The Morgan fingerprint density at radius 2 is 2.27 bits per heavy atom. The largest absolute Gasteiger partial charge is 0.356 e. The van der Waals surface area contributed by atoms with Crippen LogP contribution in [-0.4, -0.2) is 45.9 Å². The number of nitrogens with one attached hydrogen (secondary N) is 2. The van der Waals surface area contributed by atoms with Crippen LogP contribution in [0.2, 0.25) is 0 Å². The summed E-state index contributed by atoms with van der Waals surface area (Å²) < 4.78 is 2.85. The average molecular weight is 467 g/mol. The van der Waals surface area contributed by atoms with Gasteiger partial charge in [-0.2, -0.15) is 10.1 Å². The van der Waals surface area contributed by atoms with Gasteiger partial charge in [0.25, 0.3) is 0 Å². The van der Waals surface area contributed by atoms with Gasteiger partial charge in [0.05, 0.1) is 15.5 Å². The van der Waals surface area contributed by atoms with Crippen LogP contribution < -0.4 is 15.5 Å². The zero-order valence-electron chi connectivity index (χ0n) is 15.4. The molecule has 2 N–H and O–H groups in total. The van der Waals surface area contributed by atoms with Crippen molar-refractivity contribution in [3.8, 4) is 0 Å². The first-order valence-corrected chi connectivity index (χ1v) is 10.3. The van der Waals surface area contributed by atoms with Gasteiger partial charge < -0.3 is 15.5 Å². The smallest absolute Gasteiger partial charge is 0.229 e. The lowest BCUT2D eigenvalue weighted by atomic mass is 9.79. The topological polar surface area (TPSA) is 70.9 Å². The van der Waals surface area contributed by atoms with E-state index in [0.29, 0.717) is 17.4 Å². The minimum atomic E-state index is 0.492. The van der Waals surface area contributed by atoms with E-state index in [4.69, 9.17) is 4.98 Å². The van der Waals surface area contributed by atoms with Gasteiger partial charge in [-0.1, -0.05) is 0 Å². The maximum Gasteiger partial charge on any atom is 0.229 e. The second-order valence-corrected chi connectivity index (χ2v) is 8.84. The van der Waals surface area contributed by atoms with Crippen molar-refractivity contribution in [2.24, 2.45) is 12.5 Å². The fourth-order valence-electron chi connectivity index (χ4n) is 4.38. The van der Waals surface area contributed by atoms with Crippen molar-refractivity contribution in [3.63, 3.8) is 0 Å². The van der Waals surface area contributed by atoms with Gasteiger partial charge in [0, 0.05) is 39.1 Å². The quantitative estimate of drug-likeness (QED) is 0.675. The summed E-state index contributed by atoms with van der Waals surface area (Å²) in [5.74, 6) is 1.63. The Morgan fingerprint density at radius 1 is 1.38 bits per heavy atom. The number of piperidine rings is 1. The number of hydrogen-bond donors (Lipinski definition) is 2. The van der Waals surface area contributed by atoms with E-state index in [0.717, 1.165) is 15.1 Å². The second kappa shape index (κ2) is 7.30. The minimum absolute atomic E-state index is 0.492. The van der Waals surface area contributed by atoms with Crippen LogP contribution in [0.25, 0.3) is 0 Å². The summed E-state index contributed by atoms with van der Waals surface area (Å²) in [6.45, 7) is 2.35. The van der Waals surface area contributed by atoms with E-state index in [2.05, 4.69) is 55.3 Å². The first-order valence-electron chi connectivity index (χ1n) is 9.26. The summed E-state index contributed by atoms with van der Waals surface area (Å²) in [5.41, 5.74) is 1.39. The molecule has 0 bridgehead atoms. The molecule has 1 saturated carbocycles. The molecule has 2 unspecified atom stereocenters. The molecule has 0 amide bonds. The molecule has 1 spiro atoms. The van der Waals surface area contributed by atoms with Crippen molar-refractivity contribution in [2.45, 2.75) is 38.1 Å². The third-order valence-corrected chi connectivity index (χ3v) is 6.57. The fourth-order valence-corrected chi connectivity index (χ4v) is 5.02. The Kier molecular flexibility index (Phi) is 5.05. The third-order valence-electron chi connectivity index (χ3n) is 5.81. The summed E-state index contributed by atoms with van der Waals surface area (Å²) in [7, 11) is 4.08. The Labute approximate surface area is 168 Å². The first-order chi connectivity index (χ1) is 12.5. The van der Waals surface area contributed by atoms with E-state index in [-0.39, 0.29) is 0 Å². The van der Waals surface area contributed by atoms with Crippen LogP contribution >= 0.6 is 22.6 Å². The van der Waals surface area contributed by atoms with E-state index < -0.39 is 0 Å². The molecule has 3 heterocycles. The molecule has 0 radical (unpaired) electrons. The van der Waals surface area contributed by atoms with Gasteiger partial charge in [0.1, 0.15) is 5.82 Å². The van der Waals surface area contributed by atoms with E-state index in [9.17, 15) is 0 Å². The lowest BCUT2D eigenvalue weighted by Gasteiger charge is -2.35. The summed E-state index contributed by atoms with van der Waals surface area (Å²) in [4.78, 5) is 11.6. The molecule has 8 heteroatoms. The zero-order valence-corrected chi connectivity index (χ0v) is 17.5. The molecule has 2 aromatic rings. The van der Waals surface area contributed by atoms with E-state index in [1.807, 2.05) is 19.4 Å². The van der Waals surface area contributed by atoms with Crippen LogP contribution in [0.1, 0.15) is 32.1 Å². The number of rotatable bonds is 4. The average Bonchev–Trinajstić information content (AvgIpc) is 3.23. The molecular weight excluding hydrogens is 441 g/mol. The number of aromatic nitrogens is 4. The molecule has 4 rings (SSSR count). The minimum Gasteiger partial charge on any atom is -0.356 e. The first kappa shape index (κ1) is 18.0. The van der Waals surface area contributed by atoms with Gasteiger partial charge in [0.15, 0.2) is 0 Å². The molecule has 1 aliphatic heterocycles. The molecular formula is C18H26IN7. The maximum absolute atomic E-state index is 4.80. The van der Waals surface area contributed by atoms with Gasteiger partial charge in [-0.3, -0.25) is 4.68 Å². The van der Waals surface area contributed by atoms with Crippen molar-refractivity contribution in [1.82, 2.24) is 25.1 Å². The normalized spacial score (nSPS) is 25.6. The Morgan fingerprint density at radius 3 is 3.00 bits per heavy atom. The van der Waals surface area contributed by atoms with E-state index in [1.165, 1.54) is 45.2 Å². The summed E-state index contributed by atoms with van der Waals surface area (Å²) in [6, 6.07) is 0.546. The second-order valence-electron chi connectivity index (χ2n) is 7.68. The zero-order chi connectivity index (χ0) is 18.1. The Hall–Kier alpha value is -1.42. The van der Waals surface area contributed by atoms with Crippen LogP contribution in [0.5, 0.6) is 0 Å². The van der Waals surface area contributed by atoms with Gasteiger partial charge in [-0.05, 0) is 66.7 Å². The molecule has 0 aromatic carbocycles. The molecule has 2 aliphatic rings. The Bertz CT molecular complexity index is 769. The van der Waals surface area contributed by atoms with Crippen molar-refractivity contribution in [1.29, 1.82) is 0 Å². The van der Waals surface area contributed by atoms with Crippen LogP contribution in [0.3, 0.4) is 0 Å². The number of aryl methyl sites for hydroxylation is 1. The lowest BCUT2D eigenvalue weighted by Crippen LogP contribution is -2.40. The maximum atomic E-state index is 4.80. The van der Waals surface area contributed by atoms with Crippen LogP contribution in [0.4, 0.5) is 17.5 Å². The third kappa shape index (κ3) is 3.66. The fraction of sp³-hybridized carbons (Fsp3) is 0.611. The monoisotopic (exact) mass is 467 g/mol. The molecule has 2 fully saturated rings. The van der Waals surface area contributed by atoms with Crippen molar-refractivity contribution in [3.05, 3.63) is 22.2 Å². The number of halogens is 1. The molecule has 26 heavy (non-hydrogen) atoms. The van der Waals surface area contributed by atoms with Gasteiger partial charge in [-0.25, -0.2) is 4.98 Å². The standard InChI is InChI=1S/C18H26IN7/c1-25-11-13(9-22-25)23-17-21-10-15(19)16(24-17)26(2)14-4-6-18(8-14)5-3-7-20-12-18/h9-11,14,20H,3-8,12H2,1-2H3,(H,21,23,24). The lowest BCUT2D eigenvalue weighted by molar-refractivity contribution is 0.213. The van der Waals surface area contributed by atoms with Crippen molar-refractivity contribution in [2.75, 3.05) is 30.4 Å². The predicted octanol–water partition coefficient (Wildman–Crippen LogP) is 2.92. The van der Waals surface area contributed by atoms with E-state index in [1.54, 1.807) is 10.9 Å². The van der Waals surface area contributed by atoms with Crippen molar-refractivity contribution < 1.29 is 0 Å². The predicted molar refractivity (Wildman–Crippen MR) is 112 cm³/mol. The summed E-state index contributed by atoms with van der Waals surface area (Å²) >= 11 is 2.34. The highest BCUT2D eigenvalue weighted by molar-refractivity contribution is 14.1. The van der Waals surface area contributed by atoms with Crippen LogP contribution in [0, 0.1) is 8.99 Å². The Balaban J connectivity index is 1.50. The SMILES string of the molecule is CN(c1nc(Nc2cnn(C)c2)ncc1I)C1CCC2(CCCNC2)C1. The van der Waals surface area contributed by atoms with Gasteiger partial charge >= 0.3 is 0 Å². The molecule has 2 aromatic heterocycles. The van der Waals surface area contributed by atoms with Gasteiger partial charge in [-0.15, -0.1) is 0 Å². The molecule has 1 aliphatic carbocycles. The highest BCUT2D eigenvalue weighted by Crippen LogP contribution is 2.45.